The highest BCUT2D eigenvalue weighted by Gasteiger charge is 2.20. The minimum Gasteiger partial charge on any atom is -0.493 e. The van der Waals surface area contributed by atoms with Crippen molar-refractivity contribution in [1.29, 1.82) is 5.26 Å². The summed E-state index contributed by atoms with van der Waals surface area (Å²) >= 11 is 0. The van der Waals surface area contributed by atoms with Crippen molar-refractivity contribution in [3.63, 3.8) is 0 Å². The van der Waals surface area contributed by atoms with Gasteiger partial charge >= 0.3 is 0 Å². The third-order valence-corrected chi connectivity index (χ3v) is 3.91. The van der Waals surface area contributed by atoms with Gasteiger partial charge in [-0.2, -0.15) is 5.26 Å². The Balaban J connectivity index is 1.72. The predicted molar refractivity (Wildman–Crippen MR) is 78.8 cm³/mol. The lowest BCUT2D eigenvalue weighted by Crippen LogP contribution is -2.16. The summed E-state index contributed by atoms with van der Waals surface area (Å²) in [5, 5.41) is 8.90. The van der Waals surface area contributed by atoms with Crippen LogP contribution in [-0.4, -0.2) is 6.61 Å². The number of hydrogen-bond donors (Lipinski definition) is 0. The molecule has 0 fully saturated rings. The molecule has 1 aliphatic carbocycles. The predicted octanol–water partition coefficient (Wildman–Crippen LogP) is 4.06. The zero-order valence-corrected chi connectivity index (χ0v) is 11.4. The van der Waals surface area contributed by atoms with Crippen molar-refractivity contribution in [2.75, 3.05) is 6.61 Å². The molecule has 0 heterocycles. The van der Waals surface area contributed by atoms with Gasteiger partial charge in [0.1, 0.15) is 5.75 Å². The summed E-state index contributed by atoms with van der Waals surface area (Å²) < 4.78 is 5.89. The number of nitriles is 1. The second-order valence-electron chi connectivity index (χ2n) is 5.24. The van der Waals surface area contributed by atoms with Crippen LogP contribution in [0.2, 0.25) is 0 Å². The molecule has 0 aliphatic heterocycles. The van der Waals surface area contributed by atoms with Crippen molar-refractivity contribution >= 4 is 0 Å². The first-order valence-electron chi connectivity index (χ1n) is 7.07. The molecule has 1 aliphatic rings. The standard InChI is InChI=1S/C18H17NO/c19-12-14-5-3-9-17(11-14)20-13-16-8-4-7-15-6-1-2-10-18(15)16/h1-3,5-6,9-11,16H,4,7-8,13H2. The summed E-state index contributed by atoms with van der Waals surface area (Å²) in [6.45, 7) is 0.686. The Bertz CT molecular complexity index is 642. The van der Waals surface area contributed by atoms with Gasteiger partial charge in [-0.3, -0.25) is 0 Å². The number of nitrogens with zero attached hydrogens (tertiary/aromatic N) is 1. The molecular formula is C18H17NO. The summed E-state index contributed by atoms with van der Waals surface area (Å²) in [6, 6.07) is 18.2. The Morgan fingerprint density at radius 1 is 1.15 bits per heavy atom. The van der Waals surface area contributed by atoms with E-state index in [-0.39, 0.29) is 0 Å². The normalized spacial score (nSPS) is 17.1. The van der Waals surface area contributed by atoms with Crippen LogP contribution >= 0.6 is 0 Å². The first-order chi connectivity index (χ1) is 9.86. The van der Waals surface area contributed by atoms with Crippen LogP contribution in [0, 0.1) is 11.3 Å². The highest BCUT2D eigenvalue weighted by atomic mass is 16.5. The lowest BCUT2D eigenvalue weighted by molar-refractivity contribution is 0.274. The van der Waals surface area contributed by atoms with Gasteiger partial charge in [0.15, 0.2) is 0 Å². The lowest BCUT2D eigenvalue weighted by Gasteiger charge is -2.25. The molecule has 1 unspecified atom stereocenters. The monoisotopic (exact) mass is 263 g/mol. The Morgan fingerprint density at radius 2 is 2.05 bits per heavy atom. The maximum atomic E-state index is 8.90. The van der Waals surface area contributed by atoms with Crippen molar-refractivity contribution in [3.05, 3.63) is 65.2 Å². The number of rotatable bonds is 3. The Labute approximate surface area is 119 Å². The van der Waals surface area contributed by atoms with E-state index in [0.29, 0.717) is 18.1 Å². The molecule has 0 amide bonds. The van der Waals surface area contributed by atoms with Crippen molar-refractivity contribution < 1.29 is 4.74 Å². The number of benzene rings is 2. The molecule has 100 valence electrons. The number of hydrogen-bond acceptors (Lipinski definition) is 2. The summed E-state index contributed by atoms with van der Waals surface area (Å²) in [7, 11) is 0. The van der Waals surface area contributed by atoms with Crippen molar-refractivity contribution in [1.82, 2.24) is 0 Å². The zero-order chi connectivity index (χ0) is 13.8. The largest absolute Gasteiger partial charge is 0.493 e. The quantitative estimate of drug-likeness (QED) is 0.836. The van der Waals surface area contributed by atoms with E-state index in [2.05, 4.69) is 30.3 Å². The van der Waals surface area contributed by atoms with Gasteiger partial charge in [0.25, 0.3) is 0 Å². The molecule has 0 aromatic heterocycles. The first kappa shape index (κ1) is 12.7. The molecule has 0 N–H and O–H groups in total. The molecule has 0 bridgehead atoms. The minimum absolute atomic E-state index is 0.464. The van der Waals surface area contributed by atoms with E-state index >= 15 is 0 Å². The number of fused-ring (bicyclic) bond motifs is 1. The van der Waals surface area contributed by atoms with Gasteiger partial charge < -0.3 is 4.74 Å². The second-order valence-corrected chi connectivity index (χ2v) is 5.24. The van der Waals surface area contributed by atoms with Crippen LogP contribution < -0.4 is 4.74 Å². The maximum absolute atomic E-state index is 8.90. The Kier molecular flexibility index (Phi) is 3.69. The van der Waals surface area contributed by atoms with Gasteiger partial charge in [-0.05, 0) is 48.6 Å². The molecule has 0 radical (unpaired) electrons. The van der Waals surface area contributed by atoms with Crippen LogP contribution in [0.4, 0.5) is 0 Å². The fourth-order valence-corrected chi connectivity index (χ4v) is 2.88. The summed E-state index contributed by atoms with van der Waals surface area (Å²) in [5.41, 5.74) is 3.53. The number of aryl methyl sites for hydroxylation is 1. The molecule has 0 saturated heterocycles. The first-order valence-corrected chi connectivity index (χ1v) is 7.07. The molecular weight excluding hydrogens is 246 g/mol. The summed E-state index contributed by atoms with van der Waals surface area (Å²) in [4.78, 5) is 0. The molecule has 3 rings (SSSR count). The molecule has 0 spiro atoms. The maximum Gasteiger partial charge on any atom is 0.120 e. The second kappa shape index (κ2) is 5.79. The van der Waals surface area contributed by atoms with E-state index in [0.717, 1.165) is 5.75 Å². The average Bonchev–Trinajstić information content (AvgIpc) is 2.53. The molecule has 2 aromatic rings. The van der Waals surface area contributed by atoms with Crippen LogP contribution in [0.25, 0.3) is 0 Å². The molecule has 2 nitrogen and oxygen atoms in total. The van der Waals surface area contributed by atoms with Crippen molar-refractivity contribution in [2.24, 2.45) is 0 Å². The highest BCUT2D eigenvalue weighted by Crippen LogP contribution is 2.31. The van der Waals surface area contributed by atoms with Crippen LogP contribution in [0.1, 0.15) is 35.4 Å². The van der Waals surface area contributed by atoms with Gasteiger partial charge in [0, 0.05) is 5.92 Å². The van der Waals surface area contributed by atoms with Gasteiger partial charge in [0.05, 0.1) is 18.2 Å². The fraction of sp³-hybridized carbons (Fsp3) is 0.278. The van der Waals surface area contributed by atoms with E-state index in [9.17, 15) is 0 Å². The Hall–Kier alpha value is -2.27. The van der Waals surface area contributed by atoms with Crippen LogP contribution in [0.3, 0.4) is 0 Å². The smallest absolute Gasteiger partial charge is 0.120 e. The van der Waals surface area contributed by atoms with Crippen molar-refractivity contribution in [3.8, 4) is 11.8 Å². The average molecular weight is 263 g/mol. The summed E-state index contributed by atoms with van der Waals surface area (Å²) in [6.07, 6.45) is 3.58. The van der Waals surface area contributed by atoms with Gasteiger partial charge in [-0.15, -0.1) is 0 Å². The number of ether oxygens (including phenoxy) is 1. The lowest BCUT2D eigenvalue weighted by atomic mass is 9.83. The third kappa shape index (κ3) is 2.67. The van der Waals surface area contributed by atoms with E-state index < -0.39 is 0 Å². The molecule has 0 saturated carbocycles. The van der Waals surface area contributed by atoms with E-state index in [1.165, 1.54) is 30.4 Å². The molecule has 1 atom stereocenters. The van der Waals surface area contributed by atoms with E-state index in [1.807, 2.05) is 12.1 Å². The molecule has 20 heavy (non-hydrogen) atoms. The molecule has 2 heteroatoms. The Morgan fingerprint density at radius 3 is 2.95 bits per heavy atom. The zero-order valence-electron chi connectivity index (χ0n) is 11.4. The van der Waals surface area contributed by atoms with Crippen LogP contribution in [0.15, 0.2) is 48.5 Å². The van der Waals surface area contributed by atoms with Gasteiger partial charge in [0.2, 0.25) is 0 Å². The molecule has 2 aromatic carbocycles. The van der Waals surface area contributed by atoms with Crippen LogP contribution in [0.5, 0.6) is 5.75 Å². The van der Waals surface area contributed by atoms with E-state index in [4.69, 9.17) is 10.00 Å². The van der Waals surface area contributed by atoms with Gasteiger partial charge in [-0.1, -0.05) is 30.3 Å². The van der Waals surface area contributed by atoms with Crippen LogP contribution in [-0.2, 0) is 6.42 Å². The topological polar surface area (TPSA) is 33.0 Å². The summed E-state index contributed by atoms with van der Waals surface area (Å²) in [5.74, 6) is 1.25. The van der Waals surface area contributed by atoms with Gasteiger partial charge in [-0.25, -0.2) is 0 Å². The highest BCUT2D eigenvalue weighted by molar-refractivity contribution is 5.37. The fourth-order valence-electron chi connectivity index (χ4n) is 2.88. The minimum atomic E-state index is 0.464. The van der Waals surface area contributed by atoms with E-state index in [1.54, 1.807) is 12.1 Å². The SMILES string of the molecule is N#Cc1cccc(OCC2CCCc3ccccc32)c1. The third-order valence-electron chi connectivity index (χ3n) is 3.91. The van der Waals surface area contributed by atoms with Crippen molar-refractivity contribution in [2.45, 2.75) is 25.2 Å².